The highest BCUT2D eigenvalue weighted by Crippen LogP contribution is 2.25. The molecule has 2 heterocycles. The second kappa shape index (κ2) is 5.80. The van der Waals surface area contributed by atoms with Gasteiger partial charge in [-0.15, -0.1) is 12.4 Å². The minimum atomic E-state index is 0. The fourth-order valence-corrected chi connectivity index (χ4v) is 2.93. The smallest absolute Gasteiger partial charge is 0.219 e. The number of aryl methyl sites for hydroxylation is 1. The van der Waals surface area contributed by atoms with Crippen molar-refractivity contribution < 1.29 is 4.79 Å². The average molecular weight is 291 g/mol. The Hall–Kier alpha value is -1.61. The quantitative estimate of drug-likeness (QED) is 0.747. The minimum absolute atomic E-state index is 0. The number of halogens is 1. The summed E-state index contributed by atoms with van der Waals surface area (Å²) in [5, 5.41) is 1.23. The summed E-state index contributed by atoms with van der Waals surface area (Å²) < 4.78 is 0. The molecule has 1 amide bonds. The summed E-state index contributed by atoms with van der Waals surface area (Å²) >= 11 is 0. The Morgan fingerprint density at radius 3 is 2.65 bits per heavy atom. The van der Waals surface area contributed by atoms with Gasteiger partial charge in [0.1, 0.15) is 0 Å². The van der Waals surface area contributed by atoms with Crippen LogP contribution in [-0.2, 0) is 17.6 Å². The van der Waals surface area contributed by atoms with Gasteiger partial charge in [0, 0.05) is 37.5 Å². The molecule has 3 nitrogen and oxygen atoms in total. The van der Waals surface area contributed by atoms with Crippen molar-refractivity contribution >= 4 is 29.2 Å². The van der Waals surface area contributed by atoms with Gasteiger partial charge in [-0.1, -0.05) is 18.2 Å². The van der Waals surface area contributed by atoms with Gasteiger partial charge in [0.2, 0.25) is 5.91 Å². The molecule has 0 N–H and O–H groups in total. The van der Waals surface area contributed by atoms with Crippen LogP contribution < -0.4 is 0 Å². The summed E-state index contributed by atoms with van der Waals surface area (Å²) in [4.78, 5) is 18.2. The molecule has 0 saturated carbocycles. The second-order valence-corrected chi connectivity index (χ2v) is 5.19. The van der Waals surface area contributed by atoms with E-state index in [1.807, 2.05) is 11.0 Å². The van der Waals surface area contributed by atoms with Gasteiger partial charge in [0.25, 0.3) is 0 Å². The van der Waals surface area contributed by atoms with Crippen molar-refractivity contribution in [1.29, 1.82) is 0 Å². The Morgan fingerprint density at radius 1 is 1.20 bits per heavy atom. The molecule has 0 spiro atoms. The first kappa shape index (κ1) is 14.8. The van der Waals surface area contributed by atoms with E-state index in [4.69, 9.17) is 4.98 Å². The number of pyridine rings is 1. The van der Waals surface area contributed by atoms with Gasteiger partial charge in [-0.2, -0.15) is 0 Å². The Labute approximate surface area is 125 Å². The Bertz CT molecular complexity index is 654. The zero-order valence-electron chi connectivity index (χ0n) is 11.8. The number of hydrogen-bond donors (Lipinski definition) is 0. The largest absolute Gasteiger partial charge is 0.342 e. The number of carbonyl (C=O) groups is 1. The molecule has 1 aromatic carbocycles. The number of fused-ring (bicyclic) bond motifs is 2. The van der Waals surface area contributed by atoms with Crippen LogP contribution in [0.25, 0.3) is 10.9 Å². The maximum absolute atomic E-state index is 11.5. The fraction of sp³-hybridized carbons (Fsp3) is 0.375. The molecule has 0 fully saturated rings. The first-order valence-electron chi connectivity index (χ1n) is 6.79. The van der Waals surface area contributed by atoms with Gasteiger partial charge in [-0.3, -0.25) is 9.78 Å². The Kier molecular flexibility index (Phi) is 4.29. The van der Waals surface area contributed by atoms with Crippen molar-refractivity contribution in [1.82, 2.24) is 9.88 Å². The fourth-order valence-electron chi connectivity index (χ4n) is 2.93. The number of carbonyl (C=O) groups excluding carboxylic acids is 1. The van der Waals surface area contributed by atoms with Gasteiger partial charge in [0.05, 0.1) is 5.52 Å². The van der Waals surface area contributed by atoms with E-state index in [1.165, 1.54) is 22.2 Å². The molecule has 106 valence electrons. The lowest BCUT2D eigenvalue weighted by molar-refractivity contribution is -0.128. The van der Waals surface area contributed by atoms with Crippen molar-refractivity contribution in [3.63, 3.8) is 0 Å². The van der Waals surface area contributed by atoms with Crippen molar-refractivity contribution in [3.05, 3.63) is 41.1 Å². The van der Waals surface area contributed by atoms with E-state index in [2.05, 4.69) is 25.1 Å². The number of para-hydroxylation sites is 1. The van der Waals surface area contributed by atoms with Crippen LogP contribution in [0, 0.1) is 6.92 Å². The Morgan fingerprint density at radius 2 is 1.90 bits per heavy atom. The third kappa shape index (κ3) is 2.50. The third-order valence-electron chi connectivity index (χ3n) is 4.06. The van der Waals surface area contributed by atoms with Crippen LogP contribution in [-0.4, -0.2) is 28.9 Å². The van der Waals surface area contributed by atoms with Gasteiger partial charge in [-0.05, 0) is 30.5 Å². The third-order valence-corrected chi connectivity index (χ3v) is 4.06. The lowest BCUT2D eigenvalue weighted by Crippen LogP contribution is -2.31. The van der Waals surface area contributed by atoms with Crippen LogP contribution in [0.15, 0.2) is 24.3 Å². The summed E-state index contributed by atoms with van der Waals surface area (Å²) in [5.41, 5.74) is 4.89. The van der Waals surface area contributed by atoms with Crippen LogP contribution in [0.1, 0.15) is 23.7 Å². The van der Waals surface area contributed by atoms with Crippen LogP contribution in [0.5, 0.6) is 0 Å². The van der Waals surface area contributed by atoms with Crippen molar-refractivity contribution in [2.75, 3.05) is 13.1 Å². The standard InChI is InChI=1S/C16H18N2O.ClH/c1-11-13-5-3-4-6-15(13)17-16-8-10-18(12(2)19)9-7-14(11)16;/h3-6H,7-10H2,1-2H3;1H. The van der Waals surface area contributed by atoms with Gasteiger partial charge in [-0.25, -0.2) is 0 Å². The molecular weight excluding hydrogens is 272 g/mol. The first-order chi connectivity index (χ1) is 9.16. The molecule has 0 unspecified atom stereocenters. The van der Waals surface area contributed by atoms with E-state index in [9.17, 15) is 4.79 Å². The van der Waals surface area contributed by atoms with E-state index < -0.39 is 0 Å². The highest BCUT2D eigenvalue weighted by molar-refractivity contribution is 5.85. The van der Waals surface area contributed by atoms with Crippen LogP contribution in [0.3, 0.4) is 0 Å². The molecule has 2 aromatic rings. The molecule has 0 aliphatic carbocycles. The number of amides is 1. The maximum Gasteiger partial charge on any atom is 0.219 e. The van der Waals surface area contributed by atoms with Gasteiger partial charge < -0.3 is 4.90 Å². The van der Waals surface area contributed by atoms with E-state index in [0.29, 0.717) is 0 Å². The highest BCUT2D eigenvalue weighted by Gasteiger charge is 2.19. The van der Waals surface area contributed by atoms with Gasteiger partial charge in [0.15, 0.2) is 0 Å². The van der Waals surface area contributed by atoms with Crippen molar-refractivity contribution in [3.8, 4) is 0 Å². The molecule has 4 heteroatoms. The summed E-state index contributed by atoms with van der Waals surface area (Å²) in [5.74, 6) is 0.162. The predicted octanol–water partition coefficient (Wildman–Crippen LogP) is 2.91. The molecule has 1 aliphatic heterocycles. The Balaban J connectivity index is 0.00000147. The van der Waals surface area contributed by atoms with Crippen molar-refractivity contribution in [2.45, 2.75) is 26.7 Å². The number of aromatic nitrogens is 1. The van der Waals surface area contributed by atoms with Crippen LogP contribution >= 0.6 is 12.4 Å². The monoisotopic (exact) mass is 290 g/mol. The predicted molar refractivity (Wildman–Crippen MR) is 83.4 cm³/mol. The second-order valence-electron chi connectivity index (χ2n) is 5.19. The topological polar surface area (TPSA) is 33.2 Å². The van der Waals surface area contributed by atoms with Crippen molar-refractivity contribution in [2.24, 2.45) is 0 Å². The summed E-state index contributed by atoms with van der Waals surface area (Å²) in [6.45, 7) is 5.41. The molecule has 1 aromatic heterocycles. The highest BCUT2D eigenvalue weighted by atomic mass is 35.5. The lowest BCUT2D eigenvalue weighted by atomic mass is 9.99. The summed E-state index contributed by atoms with van der Waals surface area (Å²) in [6.07, 6.45) is 1.78. The molecule has 20 heavy (non-hydrogen) atoms. The average Bonchev–Trinajstić information content (AvgIpc) is 2.62. The number of benzene rings is 1. The zero-order valence-corrected chi connectivity index (χ0v) is 12.7. The molecule has 0 radical (unpaired) electrons. The SMILES string of the molecule is CC(=O)N1CCc2nc3ccccc3c(C)c2CC1.Cl. The minimum Gasteiger partial charge on any atom is -0.342 e. The number of nitrogens with zero attached hydrogens (tertiary/aromatic N) is 2. The summed E-state index contributed by atoms with van der Waals surface area (Å²) in [7, 11) is 0. The first-order valence-corrected chi connectivity index (χ1v) is 6.79. The molecule has 3 rings (SSSR count). The van der Waals surface area contributed by atoms with Gasteiger partial charge >= 0.3 is 0 Å². The van der Waals surface area contributed by atoms with Crippen LogP contribution in [0.2, 0.25) is 0 Å². The number of hydrogen-bond acceptors (Lipinski definition) is 2. The molecule has 0 atom stereocenters. The van der Waals surface area contributed by atoms with Crippen LogP contribution in [0.4, 0.5) is 0 Å². The molecular formula is C16H19ClN2O. The van der Waals surface area contributed by atoms with E-state index in [1.54, 1.807) is 6.92 Å². The molecule has 0 bridgehead atoms. The summed E-state index contributed by atoms with van der Waals surface area (Å²) in [6, 6.07) is 8.28. The normalized spacial score (nSPS) is 14.4. The van der Waals surface area contributed by atoms with E-state index in [0.717, 1.165) is 31.4 Å². The van der Waals surface area contributed by atoms with E-state index >= 15 is 0 Å². The molecule has 1 aliphatic rings. The number of rotatable bonds is 0. The molecule has 0 saturated heterocycles. The maximum atomic E-state index is 11.5. The van der Waals surface area contributed by atoms with E-state index in [-0.39, 0.29) is 18.3 Å². The zero-order chi connectivity index (χ0) is 13.4. The lowest BCUT2D eigenvalue weighted by Gasteiger charge is -2.17.